The van der Waals surface area contributed by atoms with E-state index in [4.69, 9.17) is 4.74 Å². The van der Waals surface area contributed by atoms with E-state index in [-0.39, 0.29) is 24.5 Å². The zero-order valence-corrected chi connectivity index (χ0v) is 18.0. The molecule has 1 amide bonds. The molecule has 1 unspecified atom stereocenters. The van der Waals surface area contributed by atoms with Crippen molar-refractivity contribution in [2.45, 2.75) is 45.2 Å². The molecule has 1 atom stereocenters. The Labute approximate surface area is 179 Å². The van der Waals surface area contributed by atoms with Crippen LogP contribution in [0.5, 0.6) is 0 Å². The predicted octanol–water partition coefficient (Wildman–Crippen LogP) is 4.44. The maximum Gasteiger partial charge on any atom is 0.319 e. The van der Waals surface area contributed by atoms with E-state index >= 15 is 0 Å². The summed E-state index contributed by atoms with van der Waals surface area (Å²) < 4.78 is 4.95. The van der Waals surface area contributed by atoms with E-state index in [1.54, 1.807) is 0 Å². The molecule has 1 aliphatic rings. The van der Waals surface area contributed by atoms with Crippen molar-refractivity contribution in [2.75, 3.05) is 26.7 Å². The molecular formula is C25H32N2O3. The second-order valence-corrected chi connectivity index (χ2v) is 7.87. The molecule has 1 saturated heterocycles. The number of rotatable bonds is 8. The second kappa shape index (κ2) is 10.9. The number of amides is 1. The molecule has 30 heavy (non-hydrogen) atoms. The third-order valence-corrected chi connectivity index (χ3v) is 5.77. The number of benzene rings is 2. The number of hydrogen-bond acceptors (Lipinski definition) is 4. The highest BCUT2D eigenvalue weighted by molar-refractivity contribution is 5.94. The van der Waals surface area contributed by atoms with Gasteiger partial charge in [-0.2, -0.15) is 0 Å². The largest absolute Gasteiger partial charge is 0.468 e. The Balaban J connectivity index is 1.81. The minimum absolute atomic E-state index is 0.0896. The van der Waals surface area contributed by atoms with Crippen molar-refractivity contribution in [3.05, 3.63) is 71.3 Å². The zero-order valence-electron chi connectivity index (χ0n) is 18.0. The van der Waals surface area contributed by atoms with Crippen LogP contribution in [-0.2, 0) is 16.1 Å². The molecule has 0 aromatic heterocycles. The third kappa shape index (κ3) is 5.70. The van der Waals surface area contributed by atoms with Gasteiger partial charge in [-0.1, -0.05) is 49.4 Å². The number of esters is 1. The lowest BCUT2D eigenvalue weighted by atomic mass is 10.0. The van der Waals surface area contributed by atoms with Crippen molar-refractivity contribution >= 4 is 11.9 Å². The number of piperidine rings is 1. The van der Waals surface area contributed by atoms with Gasteiger partial charge >= 0.3 is 5.97 Å². The van der Waals surface area contributed by atoms with Gasteiger partial charge in [-0.05, 0) is 48.9 Å². The van der Waals surface area contributed by atoms with Crippen molar-refractivity contribution in [2.24, 2.45) is 0 Å². The van der Waals surface area contributed by atoms with Gasteiger partial charge in [0.15, 0.2) is 0 Å². The summed E-state index contributed by atoms with van der Waals surface area (Å²) in [6.07, 6.45) is 4.22. The van der Waals surface area contributed by atoms with Crippen molar-refractivity contribution < 1.29 is 14.3 Å². The molecule has 0 radical (unpaired) electrons. The van der Waals surface area contributed by atoms with Crippen LogP contribution < -0.4 is 0 Å². The second-order valence-electron chi connectivity index (χ2n) is 7.87. The SMILES string of the molecule is CCC(c1ccccc1)N(CC(=O)OC)Cc1cccc(C(=O)N2CCCCC2)c1. The Kier molecular flexibility index (Phi) is 8.03. The lowest BCUT2D eigenvalue weighted by Gasteiger charge is -2.31. The molecule has 1 heterocycles. The van der Waals surface area contributed by atoms with Crippen LogP contribution in [0.25, 0.3) is 0 Å². The normalized spacial score (nSPS) is 15.1. The minimum Gasteiger partial charge on any atom is -0.468 e. The highest BCUT2D eigenvalue weighted by Gasteiger charge is 2.23. The van der Waals surface area contributed by atoms with Gasteiger partial charge < -0.3 is 9.64 Å². The van der Waals surface area contributed by atoms with Crippen molar-refractivity contribution in [3.63, 3.8) is 0 Å². The molecule has 5 nitrogen and oxygen atoms in total. The van der Waals surface area contributed by atoms with Crippen molar-refractivity contribution in [3.8, 4) is 0 Å². The summed E-state index contributed by atoms with van der Waals surface area (Å²) in [7, 11) is 1.42. The first-order chi connectivity index (χ1) is 14.6. The number of carbonyl (C=O) groups excluding carboxylic acids is 2. The molecule has 0 spiro atoms. The molecule has 3 rings (SSSR count). The molecule has 0 aliphatic carbocycles. The molecule has 0 saturated carbocycles. The van der Waals surface area contributed by atoms with Gasteiger partial charge in [0, 0.05) is 31.2 Å². The van der Waals surface area contributed by atoms with Crippen LogP contribution in [0, 0.1) is 0 Å². The van der Waals surface area contributed by atoms with Crippen LogP contribution in [-0.4, -0.2) is 48.4 Å². The number of nitrogens with zero attached hydrogens (tertiary/aromatic N) is 2. The van der Waals surface area contributed by atoms with Gasteiger partial charge in [-0.15, -0.1) is 0 Å². The Morgan fingerprint density at radius 3 is 2.43 bits per heavy atom. The topological polar surface area (TPSA) is 49.9 Å². The van der Waals surface area contributed by atoms with E-state index in [0.29, 0.717) is 6.54 Å². The molecule has 160 valence electrons. The molecule has 1 aliphatic heterocycles. The Morgan fingerprint density at radius 1 is 1.03 bits per heavy atom. The van der Waals surface area contributed by atoms with E-state index in [2.05, 4.69) is 24.0 Å². The van der Waals surface area contributed by atoms with Gasteiger partial charge in [0.05, 0.1) is 13.7 Å². The molecule has 0 N–H and O–H groups in total. The maximum atomic E-state index is 12.9. The van der Waals surface area contributed by atoms with E-state index in [0.717, 1.165) is 43.5 Å². The number of hydrogen-bond donors (Lipinski definition) is 0. The first-order valence-electron chi connectivity index (χ1n) is 10.9. The number of methoxy groups -OCH3 is 1. The fraction of sp³-hybridized carbons (Fsp3) is 0.440. The Bertz CT molecular complexity index is 831. The summed E-state index contributed by atoms with van der Waals surface area (Å²) in [5.74, 6) is -0.156. The number of ether oxygens (including phenoxy) is 1. The lowest BCUT2D eigenvalue weighted by Crippen LogP contribution is -2.36. The van der Waals surface area contributed by atoms with Gasteiger partial charge in [0.1, 0.15) is 0 Å². The van der Waals surface area contributed by atoms with E-state index in [1.165, 1.54) is 19.1 Å². The molecule has 2 aromatic carbocycles. The van der Waals surface area contributed by atoms with Crippen molar-refractivity contribution in [1.82, 2.24) is 9.80 Å². The number of likely N-dealkylation sites (tertiary alicyclic amines) is 1. The monoisotopic (exact) mass is 408 g/mol. The standard InChI is InChI=1S/C25H32N2O3/c1-3-23(21-12-6-4-7-13-21)27(19-24(28)30-2)18-20-11-10-14-22(17-20)25(29)26-15-8-5-9-16-26/h4,6-7,10-14,17,23H,3,5,8-9,15-16,18-19H2,1-2H3. The zero-order chi connectivity index (χ0) is 21.3. The van der Waals surface area contributed by atoms with Crippen LogP contribution >= 0.6 is 0 Å². The summed E-state index contributed by atoms with van der Waals surface area (Å²) in [5, 5.41) is 0. The van der Waals surface area contributed by atoms with Gasteiger partial charge in [-0.25, -0.2) is 0 Å². The summed E-state index contributed by atoms with van der Waals surface area (Å²) in [4.78, 5) is 29.1. The first-order valence-corrected chi connectivity index (χ1v) is 10.9. The number of carbonyl (C=O) groups is 2. The van der Waals surface area contributed by atoms with E-state index in [1.807, 2.05) is 47.4 Å². The van der Waals surface area contributed by atoms with Gasteiger partial charge in [0.2, 0.25) is 0 Å². The first kappa shape index (κ1) is 22.0. The van der Waals surface area contributed by atoms with E-state index in [9.17, 15) is 9.59 Å². The average Bonchev–Trinajstić information content (AvgIpc) is 2.80. The van der Waals surface area contributed by atoms with Gasteiger partial charge in [0.25, 0.3) is 5.91 Å². The van der Waals surface area contributed by atoms with E-state index < -0.39 is 0 Å². The minimum atomic E-state index is -0.259. The maximum absolute atomic E-state index is 12.9. The molecule has 1 fully saturated rings. The molecular weight excluding hydrogens is 376 g/mol. The van der Waals surface area contributed by atoms with Crippen LogP contribution in [0.4, 0.5) is 0 Å². The van der Waals surface area contributed by atoms with Crippen LogP contribution in [0.3, 0.4) is 0 Å². The quantitative estimate of drug-likeness (QED) is 0.606. The molecule has 0 bridgehead atoms. The summed E-state index contributed by atoms with van der Waals surface area (Å²) >= 11 is 0. The summed E-state index contributed by atoms with van der Waals surface area (Å²) in [5.41, 5.74) is 2.92. The Hall–Kier alpha value is -2.66. The summed E-state index contributed by atoms with van der Waals surface area (Å²) in [6, 6.07) is 18.1. The van der Waals surface area contributed by atoms with Crippen LogP contribution in [0.15, 0.2) is 54.6 Å². The smallest absolute Gasteiger partial charge is 0.319 e. The average molecular weight is 409 g/mol. The molecule has 5 heteroatoms. The third-order valence-electron chi connectivity index (χ3n) is 5.77. The van der Waals surface area contributed by atoms with Gasteiger partial charge in [-0.3, -0.25) is 14.5 Å². The fourth-order valence-electron chi connectivity index (χ4n) is 4.20. The van der Waals surface area contributed by atoms with Crippen molar-refractivity contribution in [1.29, 1.82) is 0 Å². The summed E-state index contributed by atoms with van der Waals surface area (Å²) in [6.45, 7) is 4.57. The van der Waals surface area contributed by atoms with Crippen LogP contribution in [0.2, 0.25) is 0 Å². The Morgan fingerprint density at radius 2 is 1.77 bits per heavy atom. The lowest BCUT2D eigenvalue weighted by molar-refractivity contribution is -0.142. The highest BCUT2D eigenvalue weighted by Crippen LogP contribution is 2.26. The van der Waals surface area contributed by atoms with Crippen LogP contribution in [0.1, 0.15) is 60.1 Å². The molecule has 2 aromatic rings. The predicted molar refractivity (Wildman–Crippen MR) is 118 cm³/mol. The fourth-order valence-corrected chi connectivity index (χ4v) is 4.20. The highest BCUT2D eigenvalue weighted by atomic mass is 16.5.